The Morgan fingerprint density at radius 2 is 1.95 bits per heavy atom. The van der Waals surface area contributed by atoms with Gasteiger partial charge in [-0.3, -0.25) is 4.90 Å². The maximum absolute atomic E-state index is 3.77. The smallest absolute Gasteiger partial charge is 0.0247 e. The van der Waals surface area contributed by atoms with Crippen LogP contribution < -0.4 is 5.32 Å². The van der Waals surface area contributed by atoms with Crippen LogP contribution >= 0.6 is 0 Å². The lowest BCUT2D eigenvalue weighted by Crippen LogP contribution is -2.59. The molecule has 1 heterocycles. The minimum absolute atomic E-state index is 0.623. The summed E-state index contributed by atoms with van der Waals surface area (Å²) in [7, 11) is 0. The Balaban J connectivity index is 1.63. The molecule has 0 spiro atoms. The van der Waals surface area contributed by atoms with Crippen LogP contribution in [0.4, 0.5) is 0 Å². The van der Waals surface area contributed by atoms with E-state index in [0.717, 1.165) is 31.0 Å². The van der Waals surface area contributed by atoms with Gasteiger partial charge < -0.3 is 5.32 Å². The van der Waals surface area contributed by atoms with Crippen LogP contribution in [0.15, 0.2) is 30.3 Å². The van der Waals surface area contributed by atoms with E-state index >= 15 is 0 Å². The molecule has 1 aliphatic carbocycles. The summed E-state index contributed by atoms with van der Waals surface area (Å²) in [6.45, 7) is 7.10. The van der Waals surface area contributed by atoms with Gasteiger partial charge in [-0.2, -0.15) is 0 Å². The van der Waals surface area contributed by atoms with Gasteiger partial charge in [0.05, 0.1) is 0 Å². The molecule has 1 saturated heterocycles. The van der Waals surface area contributed by atoms with Gasteiger partial charge in [0.1, 0.15) is 0 Å². The van der Waals surface area contributed by atoms with Crippen molar-refractivity contribution in [1.82, 2.24) is 10.2 Å². The summed E-state index contributed by atoms with van der Waals surface area (Å²) >= 11 is 0. The summed E-state index contributed by atoms with van der Waals surface area (Å²) in [5.74, 6) is 0.755. The standard InChI is InChI=1S/C17H26N2/c1-13(2)17-11-18-15(12-19(17)16-8-9-16)10-14-6-4-3-5-7-14/h3-7,13,15-18H,8-12H2,1-2H3. The van der Waals surface area contributed by atoms with Crippen LogP contribution in [0.3, 0.4) is 0 Å². The normalized spacial score (nSPS) is 28.8. The second kappa shape index (κ2) is 5.64. The molecule has 2 aliphatic rings. The topological polar surface area (TPSA) is 15.3 Å². The zero-order valence-corrected chi connectivity index (χ0v) is 12.2. The molecular weight excluding hydrogens is 232 g/mol. The molecule has 0 aromatic heterocycles. The quantitative estimate of drug-likeness (QED) is 0.893. The molecule has 1 saturated carbocycles. The molecule has 2 unspecified atom stereocenters. The van der Waals surface area contributed by atoms with Gasteiger partial charge in [0.2, 0.25) is 0 Å². The third kappa shape index (κ3) is 3.18. The highest BCUT2D eigenvalue weighted by Crippen LogP contribution is 2.32. The van der Waals surface area contributed by atoms with Crippen LogP contribution in [0, 0.1) is 5.92 Å². The number of benzene rings is 1. The van der Waals surface area contributed by atoms with Crippen LogP contribution in [-0.2, 0) is 6.42 Å². The summed E-state index contributed by atoms with van der Waals surface area (Å²) < 4.78 is 0. The lowest BCUT2D eigenvalue weighted by molar-refractivity contribution is 0.0905. The third-order valence-corrected chi connectivity index (χ3v) is 4.58. The Morgan fingerprint density at radius 3 is 2.58 bits per heavy atom. The number of hydrogen-bond donors (Lipinski definition) is 1. The highest BCUT2D eigenvalue weighted by Gasteiger charge is 2.38. The molecule has 1 aromatic rings. The van der Waals surface area contributed by atoms with Crippen molar-refractivity contribution >= 4 is 0 Å². The van der Waals surface area contributed by atoms with Gasteiger partial charge in [0, 0.05) is 31.2 Å². The molecule has 1 aromatic carbocycles. The van der Waals surface area contributed by atoms with Crippen molar-refractivity contribution in [2.45, 2.75) is 51.2 Å². The fraction of sp³-hybridized carbons (Fsp3) is 0.647. The second-order valence-electron chi connectivity index (χ2n) is 6.53. The van der Waals surface area contributed by atoms with E-state index in [2.05, 4.69) is 54.4 Å². The van der Waals surface area contributed by atoms with E-state index in [9.17, 15) is 0 Å². The lowest BCUT2D eigenvalue weighted by atomic mass is 9.95. The first-order valence-electron chi connectivity index (χ1n) is 7.77. The van der Waals surface area contributed by atoms with Crippen LogP contribution in [0.2, 0.25) is 0 Å². The monoisotopic (exact) mass is 258 g/mol. The Bertz CT molecular complexity index is 397. The molecular formula is C17H26N2. The van der Waals surface area contributed by atoms with Crippen molar-refractivity contribution in [2.24, 2.45) is 5.92 Å². The van der Waals surface area contributed by atoms with Gasteiger partial charge in [-0.15, -0.1) is 0 Å². The molecule has 3 rings (SSSR count). The van der Waals surface area contributed by atoms with Crippen LogP contribution in [0.25, 0.3) is 0 Å². The Labute approximate surface area is 117 Å². The maximum atomic E-state index is 3.77. The Hall–Kier alpha value is -0.860. The number of hydrogen-bond acceptors (Lipinski definition) is 2. The predicted octanol–water partition coefficient (Wildman–Crippen LogP) is 2.69. The Kier molecular flexibility index (Phi) is 3.90. The first-order chi connectivity index (χ1) is 9.24. The van der Waals surface area contributed by atoms with Gasteiger partial charge in [0.15, 0.2) is 0 Å². The molecule has 0 bridgehead atoms. The van der Waals surface area contributed by atoms with Gasteiger partial charge in [-0.1, -0.05) is 44.2 Å². The molecule has 2 heteroatoms. The van der Waals surface area contributed by atoms with Crippen molar-refractivity contribution in [1.29, 1.82) is 0 Å². The van der Waals surface area contributed by atoms with Crippen molar-refractivity contribution in [3.63, 3.8) is 0 Å². The molecule has 0 radical (unpaired) electrons. The van der Waals surface area contributed by atoms with E-state index in [4.69, 9.17) is 0 Å². The minimum atomic E-state index is 0.623. The molecule has 2 nitrogen and oxygen atoms in total. The first-order valence-corrected chi connectivity index (χ1v) is 7.77. The number of rotatable bonds is 4. The molecule has 104 valence electrons. The minimum Gasteiger partial charge on any atom is -0.311 e. The summed E-state index contributed by atoms with van der Waals surface area (Å²) in [6.07, 6.45) is 4.00. The van der Waals surface area contributed by atoms with E-state index in [0.29, 0.717) is 6.04 Å². The van der Waals surface area contributed by atoms with E-state index in [1.54, 1.807) is 0 Å². The molecule has 1 aliphatic heterocycles. The second-order valence-corrected chi connectivity index (χ2v) is 6.53. The van der Waals surface area contributed by atoms with Crippen LogP contribution in [0.5, 0.6) is 0 Å². The van der Waals surface area contributed by atoms with Gasteiger partial charge in [-0.05, 0) is 30.7 Å². The molecule has 0 amide bonds. The summed E-state index contributed by atoms with van der Waals surface area (Å²) in [5.41, 5.74) is 1.46. The summed E-state index contributed by atoms with van der Waals surface area (Å²) in [6, 6.07) is 13.1. The highest BCUT2D eigenvalue weighted by molar-refractivity contribution is 5.16. The maximum Gasteiger partial charge on any atom is 0.0247 e. The van der Waals surface area contributed by atoms with Crippen LogP contribution in [0.1, 0.15) is 32.3 Å². The summed E-state index contributed by atoms with van der Waals surface area (Å²) in [5, 5.41) is 3.77. The number of nitrogens with zero attached hydrogens (tertiary/aromatic N) is 1. The Morgan fingerprint density at radius 1 is 1.21 bits per heavy atom. The van der Waals surface area contributed by atoms with E-state index in [1.165, 1.54) is 24.9 Å². The highest BCUT2D eigenvalue weighted by atomic mass is 15.3. The zero-order chi connectivity index (χ0) is 13.2. The summed E-state index contributed by atoms with van der Waals surface area (Å²) in [4.78, 5) is 2.79. The molecule has 1 N–H and O–H groups in total. The fourth-order valence-electron chi connectivity index (χ4n) is 3.34. The van der Waals surface area contributed by atoms with E-state index < -0.39 is 0 Å². The van der Waals surface area contributed by atoms with Gasteiger partial charge >= 0.3 is 0 Å². The molecule has 2 fully saturated rings. The zero-order valence-electron chi connectivity index (χ0n) is 12.2. The fourth-order valence-corrected chi connectivity index (χ4v) is 3.34. The average Bonchev–Trinajstić information content (AvgIpc) is 3.24. The van der Waals surface area contributed by atoms with Crippen molar-refractivity contribution in [3.8, 4) is 0 Å². The van der Waals surface area contributed by atoms with Crippen LogP contribution in [-0.4, -0.2) is 36.1 Å². The lowest BCUT2D eigenvalue weighted by Gasteiger charge is -2.43. The third-order valence-electron chi connectivity index (χ3n) is 4.58. The SMILES string of the molecule is CC(C)C1CNC(Cc2ccccc2)CN1C1CC1. The molecule has 2 atom stereocenters. The number of nitrogens with one attached hydrogen (secondary N) is 1. The van der Waals surface area contributed by atoms with E-state index in [-0.39, 0.29) is 0 Å². The predicted molar refractivity (Wildman–Crippen MR) is 80.3 cm³/mol. The number of piperazine rings is 1. The molecule has 19 heavy (non-hydrogen) atoms. The first kappa shape index (κ1) is 13.1. The van der Waals surface area contributed by atoms with Crippen molar-refractivity contribution in [2.75, 3.05) is 13.1 Å². The van der Waals surface area contributed by atoms with Crippen molar-refractivity contribution < 1.29 is 0 Å². The van der Waals surface area contributed by atoms with Crippen molar-refractivity contribution in [3.05, 3.63) is 35.9 Å². The van der Waals surface area contributed by atoms with Gasteiger partial charge in [-0.25, -0.2) is 0 Å². The van der Waals surface area contributed by atoms with Gasteiger partial charge in [0.25, 0.3) is 0 Å². The van der Waals surface area contributed by atoms with E-state index in [1.807, 2.05) is 0 Å². The largest absolute Gasteiger partial charge is 0.311 e. The average molecular weight is 258 g/mol.